The molecule has 1 aromatic rings. The second-order valence-corrected chi connectivity index (χ2v) is 6.98. The Hall–Kier alpha value is -1.17. The minimum Gasteiger partial charge on any atom is -0.383 e. The molecule has 1 aromatic carbocycles. The Bertz CT molecular complexity index is 572. The molecule has 23 heavy (non-hydrogen) atoms. The van der Waals surface area contributed by atoms with Crippen molar-refractivity contribution in [2.24, 2.45) is 5.92 Å². The van der Waals surface area contributed by atoms with Crippen LogP contribution in [-0.4, -0.2) is 41.1 Å². The number of benzene rings is 1. The zero-order chi connectivity index (χ0) is 16.4. The molecule has 1 unspecified atom stereocenters. The molecule has 1 heterocycles. The minimum absolute atomic E-state index is 0.00805. The van der Waals surface area contributed by atoms with Gasteiger partial charge in [-0.1, -0.05) is 17.7 Å². The Kier molecular flexibility index (Phi) is 5.19. The maximum atomic E-state index is 13.1. The van der Waals surface area contributed by atoms with Crippen LogP contribution in [0.2, 0.25) is 5.02 Å². The summed E-state index contributed by atoms with van der Waals surface area (Å²) in [7, 11) is 0. The van der Waals surface area contributed by atoms with Crippen LogP contribution < -0.4 is 5.32 Å². The van der Waals surface area contributed by atoms with E-state index in [9.17, 15) is 14.3 Å². The van der Waals surface area contributed by atoms with E-state index >= 15 is 0 Å². The van der Waals surface area contributed by atoms with E-state index in [1.807, 2.05) is 0 Å². The highest BCUT2D eigenvalue weighted by molar-refractivity contribution is 6.31. The first kappa shape index (κ1) is 16.7. The standard InChI is InChI=1S/C17H22ClFN2O2/c18-15-9-13(19)2-1-12(15)10-21-7-5-11(6-8-21)16(22)17(23)20-14-3-4-14/h1-2,9,11,14,16,22H,3-8,10H2,(H,20,23). The lowest BCUT2D eigenvalue weighted by molar-refractivity contribution is -0.133. The van der Waals surface area contributed by atoms with Gasteiger partial charge in [0.05, 0.1) is 0 Å². The summed E-state index contributed by atoms with van der Waals surface area (Å²) in [5.74, 6) is -0.552. The Morgan fingerprint density at radius 1 is 1.35 bits per heavy atom. The number of likely N-dealkylation sites (tertiary alicyclic amines) is 1. The van der Waals surface area contributed by atoms with Gasteiger partial charge in [0.15, 0.2) is 0 Å². The largest absolute Gasteiger partial charge is 0.383 e. The second-order valence-electron chi connectivity index (χ2n) is 6.58. The monoisotopic (exact) mass is 340 g/mol. The quantitative estimate of drug-likeness (QED) is 0.865. The molecule has 0 radical (unpaired) electrons. The van der Waals surface area contributed by atoms with Crippen molar-refractivity contribution in [2.75, 3.05) is 13.1 Å². The summed E-state index contributed by atoms with van der Waals surface area (Å²) in [5.41, 5.74) is 0.901. The molecular formula is C17H22ClFN2O2. The molecule has 4 nitrogen and oxygen atoms in total. The zero-order valence-electron chi connectivity index (χ0n) is 13.0. The smallest absolute Gasteiger partial charge is 0.249 e. The predicted octanol–water partition coefficient (Wildman–Crippen LogP) is 2.33. The van der Waals surface area contributed by atoms with Gasteiger partial charge in [-0.05, 0) is 62.4 Å². The van der Waals surface area contributed by atoms with Crippen molar-refractivity contribution in [1.82, 2.24) is 10.2 Å². The summed E-state index contributed by atoms with van der Waals surface area (Å²) in [5, 5.41) is 13.5. The second kappa shape index (κ2) is 7.16. The molecule has 0 aromatic heterocycles. The van der Waals surface area contributed by atoms with Gasteiger partial charge in [0.2, 0.25) is 5.91 Å². The van der Waals surface area contributed by atoms with Crippen molar-refractivity contribution in [2.45, 2.75) is 44.4 Å². The lowest BCUT2D eigenvalue weighted by Gasteiger charge is -2.33. The van der Waals surface area contributed by atoms with Gasteiger partial charge in [-0.3, -0.25) is 9.69 Å². The molecule has 2 fully saturated rings. The van der Waals surface area contributed by atoms with Gasteiger partial charge >= 0.3 is 0 Å². The maximum Gasteiger partial charge on any atom is 0.249 e. The van der Waals surface area contributed by atoms with E-state index in [2.05, 4.69) is 10.2 Å². The predicted molar refractivity (Wildman–Crippen MR) is 86.6 cm³/mol. The third-order valence-electron chi connectivity index (χ3n) is 4.68. The number of amides is 1. The number of carbonyl (C=O) groups is 1. The Morgan fingerprint density at radius 3 is 2.65 bits per heavy atom. The van der Waals surface area contributed by atoms with Crippen molar-refractivity contribution < 1.29 is 14.3 Å². The van der Waals surface area contributed by atoms with Crippen LogP contribution in [-0.2, 0) is 11.3 Å². The van der Waals surface area contributed by atoms with Gasteiger partial charge in [-0.2, -0.15) is 0 Å². The van der Waals surface area contributed by atoms with Gasteiger partial charge in [0.25, 0.3) is 0 Å². The van der Waals surface area contributed by atoms with Gasteiger partial charge in [0, 0.05) is 17.6 Å². The Balaban J connectivity index is 1.48. The lowest BCUT2D eigenvalue weighted by Crippen LogP contribution is -2.44. The first-order chi connectivity index (χ1) is 11.0. The molecule has 126 valence electrons. The number of aliphatic hydroxyl groups excluding tert-OH is 1. The Morgan fingerprint density at radius 2 is 2.04 bits per heavy atom. The first-order valence-corrected chi connectivity index (χ1v) is 8.55. The fraction of sp³-hybridized carbons (Fsp3) is 0.588. The van der Waals surface area contributed by atoms with Crippen LogP contribution in [0, 0.1) is 11.7 Å². The number of nitrogens with zero attached hydrogens (tertiary/aromatic N) is 1. The molecule has 1 amide bonds. The molecule has 1 aliphatic carbocycles. The number of nitrogens with one attached hydrogen (secondary N) is 1. The number of hydrogen-bond donors (Lipinski definition) is 2. The third kappa shape index (κ3) is 4.43. The Labute approximate surface area is 140 Å². The number of piperidine rings is 1. The number of halogens is 2. The molecule has 6 heteroatoms. The van der Waals surface area contributed by atoms with Crippen LogP contribution >= 0.6 is 11.6 Å². The van der Waals surface area contributed by atoms with Crippen molar-refractivity contribution in [3.63, 3.8) is 0 Å². The SMILES string of the molecule is O=C(NC1CC1)C(O)C1CCN(Cc2ccc(F)cc2Cl)CC1. The summed E-state index contributed by atoms with van der Waals surface area (Å²) in [4.78, 5) is 14.1. The number of aliphatic hydroxyl groups is 1. The highest BCUT2D eigenvalue weighted by Crippen LogP contribution is 2.26. The third-order valence-corrected chi connectivity index (χ3v) is 5.03. The number of hydrogen-bond acceptors (Lipinski definition) is 3. The first-order valence-electron chi connectivity index (χ1n) is 8.17. The fourth-order valence-corrected chi connectivity index (χ4v) is 3.27. The van der Waals surface area contributed by atoms with E-state index in [1.165, 1.54) is 12.1 Å². The van der Waals surface area contributed by atoms with Crippen molar-refractivity contribution in [3.8, 4) is 0 Å². The van der Waals surface area contributed by atoms with E-state index in [0.29, 0.717) is 11.6 Å². The number of rotatable bonds is 5. The van der Waals surface area contributed by atoms with Crippen LogP contribution in [0.3, 0.4) is 0 Å². The average Bonchev–Trinajstić information content (AvgIpc) is 3.34. The summed E-state index contributed by atoms with van der Waals surface area (Å²) in [6.07, 6.45) is 2.69. The van der Waals surface area contributed by atoms with Crippen LogP contribution in [0.15, 0.2) is 18.2 Å². The molecule has 2 N–H and O–H groups in total. The van der Waals surface area contributed by atoms with Gasteiger partial charge in [0.1, 0.15) is 11.9 Å². The molecule has 0 spiro atoms. The molecule has 1 aliphatic heterocycles. The van der Waals surface area contributed by atoms with E-state index in [1.54, 1.807) is 6.07 Å². The highest BCUT2D eigenvalue weighted by Gasteiger charge is 2.33. The molecule has 2 aliphatic rings. The molecule has 1 atom stereocenters. The van der Waals surface area contributed by atoms with E-state index in [4.69, 9.17) is 11.6 Å². The van der Waals surface area contributed by atoms with Crippen LogP contribution in [0.5, 0.6) is 0 Å². The molecule has 1 saturated heterocycles. The summed E-state index contributed by atoms with van der Waals surface area (Å²) in [6, 6.07) is 4.73. The molecule has 0 bridgehead atoms. The summed E-state index contributed by atoms with van der Waals surface area (Å²) in [6.45, 7) is 2.26. The summed E-state index contributed by atoms with van der Waals surface area (Å²) < 4.78 is 13.1. The van der Waals surface area contributed by atoms with Crippen molar-refractivity contribution in [3.05, 3.63) is 34.6 Å². The summed E-state index contributed by atoms with van der Waals surface area (Å²) >= 11 is 6.06. The number of carbonyl (C=O) groups excluding carboxylic acids is 1. The van der Waals surface area contributed by atoms with Crippen molar-refractivity contribution >= 4 is 17.5 Å². The van der Waals surface area contributed by atoms with Crippen molar-refractivity contribution in [1.29, 1.82) is 0 Å². The zero-order valence-corrected chi connectivity index (χ0v) is 13.7. The topological polar surface area (TPSA) is 52.6 Å². The fourth-order valence-electron chi connectivity index (χ4n) is 3.05. The van der Waals surface area contributed by atoms with Gasteiger partial charge < -0.3 is 10.4 Å². The molecular weight excluding hydrogens is 319 g/mol. The van der Waals surface area contributed by atoms with E-state index in [-0.39, 0.29) is 23.7 Å². The van der Waals surface area contributed by atoms with E-state index < -0.39 is 6.10 Å². The highest BCUT2D eigenvalue weighted by atomic mass is 35.5. The van der Waals surface area contributed by atoms with E-state index in [0.717, 1.165) is 44.3 Å². The van der Waals surface area contributed by atoms with Crippen LogP contribution in [0.4, 0.5) is 4.39 Å². The van der Waals surface area contributed by atoms with Gasteiger partial charge in [-0.15, -0.1) is 0 Å². The maximum absolute atomic E-state index is 13.1. The van der Waals surface area contributed by atoms with Gasteiger partial charge in [-0.25, -0.2) is 4.39 Å². The normalized spacial score (nSPS) is 21.2. The van der Waals surface area contributed by atoms with Crippen LogP contribution in [0.25, 0.3) is 0 Å². The van der Waals surface area contributed by atoms with Crippen LogP contribution in [0.1, 0.15) is 31.2 Å². The average molecular weight is 341 g/mol. The lowest BCUT2D eigenvalue weighted by atomic mass is 9.90. The minimum atomic E-state index is -0.910. The molecule has 1 saturated carbocycles. The molecule has 3 rings (SSSR count).